The predicted molar refractivity (Wildman–Crippen MR) is 178 cm³/mol. The minimum Gasteiger partial charge on any atom is -0.508 e. The van der Waals surface area contributed by atoms with Gasteiger partial charge in [-0.15, -0.1) is 0 Å². The molecule has 0 saturated carbocycles. The summed E-state index contributed by atoms with van der Waals surface area (Å²) in [6.07, 6.45) is 0. The molecule has 0 aromatic heterocycles. The molecule has 0 heterocycles. The van der Waals surface area contributed by atoms with E-state index in [0.717, 1.165) is 55.9 Å². The maximum atomic E-state index is 10.6. The van der Waals surface area contributed by atoms with Crippen molar-refractivity contribution in [2.24, 2.45) is 0 Å². The molecule has 0 aliphatic carbocycles. The number of aromatic hydroxyl groups is 2. The van der Waals surface area contributed by atoms with Crippen LogP contribution in [-0.2, 0) is 13.1 Å². The molecule has 4 heteroatoms. The standard InChI is InChI=1S/C39H34N2O2/c1-41(27-33-17-9-11-19-39(33)43)37-25-31(29-14-6-3-7-15-29)21-23-35(37)34-22-20-30(28-12-4-2-5-13-28)24-36(34)40-26-32-16-8-10-18-38(32)42/h2-25,40,42-43H,26-27H2,1H3. The molecule has 6 aromatic carbocycles. The van der Waals surface area contributed by atoms with Gasteiger partial charge < -0.3 is 20.4 Å². The van der Waals surface area contributed by atoms with Crippen LogP contribution in [-0.4, -0.2) is 17.3 Å². The van der Waals surface area contributed by atoms with Gasteiger partial charge in [-0.05, 0) is 46.5 Å². The maximum absolute atomic E-state index is 10.6. The third kappa shape index (κ3) is 6.24. The molecule has 0 unspecified atom stereocenters. The molecule has 212 valence electrons. The van der Waals surface area contributed by atoms with Crippen molar-refractivity contribution >= 4 is 11.4 Å². The second-order valence-corrected chi connectivity index (χ2v) is 10.7. The lowest BCUT2D eigenvalue weighted by atomic mass is 9.94. The van der Waals surface area contributed by atoms with Crippen molar-refractivity contribution in [2.45, 2.75) is 13.1 Å². The summed E-state index contributed by atoms with van der Waals surface area (Å²) in [5, 5.41) is 24.6. The number of rotatable bonds is 9. The van der Waals surface area contributed by atoms with E-state index in [1.807, 2.05) is 60.7 Å². The molecule has 0 amide bonds. The summed E-state index contributed by atoms with van der Waals surface area (Å²) < 4.78 is 0. The lowest BCUT2D eigenvalue weighted by Crippen LogP contribution is -2.17. The number of phenolic OH excluding ortho intramolecular Hbond substituents is 2. The topological polar surface area (TPSA) is 55.7 Å². The number of benzene rings is 6. The summed E-state index contributed by atoms with van der Waals surface area (Å²) in [6.45, 7) is 1.02. The van der Waals surface area contributed by atoms with E-state index in [4.69, 9.17) is 0 Å². The first kappa shape index (κ1) is 27.7. The highest BCUT2D eigenvalue weighted by molar-refractivity contribution is 5.91. The molecule has 43 heavy (non-hydrogen) atoms. The number of hydrogen-bond acceptors (Lipinski definition) is 4. The van der Waals surface area contributed by atoms with Crippen molar-refractivity contribution in [3.63, 3.8) is 0 Å². The molecule has 4 nitrogen and oxygen atoms in total. The Morgan fingerprint density at radius 1 is 0.512 bits per heavy atom. The second-order valence-electron chi connectivity index (χ2n) is 10.7. The Morgan fingerprint density at radius 3 is 1.63 bits per heavy atom. The summed E-state index contributed by atoms with van der Waals surface area (Å²) in [5.74, 6) is 0.554. The van der Waals surface area contributed by atoms with Gasteiger partial charge in [0.25, 0.3) is 0 Å². The van der Waals surface area contributed by atoms with Crippen molar-refractivity contribution < 1.29 is 10.2 Å². The fourth-order valence-electron chi connectivity index (χ4n) is 5.46. The van der Waals surface area contributed by atoms with Crippen LogP contribution in [0.3, 0.4) is 0 Å². The van der Waals surface area contributed by atoms with Crippen LogP contribution in [0.15, 0.2) is 146 Å². The molecule has 6 aromatic rings. The van der Waals surface area contributed by atoms with Gasteiger partial charge >= 0.3 is 0 Å². The summed E-state index contributed by atoms with van der Waals surface area (Å²) in [4.78, 5) is 2.19. The number of phenols is 2. The third-order valence-electron chi connectivity index (χ3n) is 7.79. The molecule has 0 spiro atoms. The monoisotopic (exact) mass is 562 g/mol. The van der Waals surface area contributed by atoms with Gasteiger partial charge in [-0.3, -0.25) is 0 Å². The van der Waals surface area contributed by atoms with Crippen LogP contribution >= 0.6 is 0 Å². The Labute approximate surface area is 253 Å². The van der Waals surface area contributed by atoms with Gasteiger partial charge in [-0.25, -0.2) is 0 Å². The van der Waals surface area contributed by atoms with E-state index in [0.29, 0.717) is 13.1 Å². The van der Waals surface area contributed by atoms with Gasteiger partial charge in [-0.1, -0.05) is 121 Å². The van der Waals surface area contributed by atoms with Gasteiger partial charge in [-0.2, -0.15) is 0 Å². The molecular weight excluding hydrogens is 528 g/mol. The number of nitrogens with zero attached hydrogens (tertiary/aromatic N) is 1. The lowest BCUT2D eigenvalue weighted by molar-refractivity contribution is 0.467. The molecule has 0 radical (unpaired) electrons. The van der Waals surface area contributed by atoms with Crippen LogP contribution < -0.4 is 10.2 Å². The second kappa shape index (κ2) is 12.6. The maximum Gasteiger partial charge on any atom is 0.120 e. The molecule has 0 bridgehead atoms. The number of hydrogen-bond donors (Lipinski definition) is 3. The van der Waals surface area contributed by atoms with E-state index in [1.165, 1.54) is 0 Å². The Kier molecular flexibility index (Phi) is 8.10. The first-order chi connectivity index (χ1) is 21.1. The summed E-state index contributed by atoms with van der Waals surface area (Å²) in [7, 11) is 2.06. The average molecular weight is 563 g/mol. The van der Waals surface area contributed by atoms with E-state index in [9.17, 15) is 10.2 Å². The number of para-hydroxylation sites is 2. The molecule has 6 rings (SSSR count). The van der Waals surface area contributed by atoms with Crippen LogP contribution in [0.5, 0.6) is 11.5 Å². The molecular formula is C39H34N2O2. The Bertz CT molecular complexity index is 1830. The van der Waals surface area contributed by atoms with Gasteiger partial charge in [0.1, 0.15) is 11.5 Å². The van der Waals surface area contributed by atoms with Crippen LogP contribution in [0, 0.1) is 0 Å². The Hall–Kier alpha value is -5.48. The third-order valence-corrected chi connectivity index (χ3v) is 7.79. The highest BCUT2D eigenvalue weighted by atomic mass is 16.3. The summed E-state index contributed by atoms with van der Waals surface area (Å²) in [5.41, 5.74) is 10.3. The number of nitrogens with one attached hydrogen (secondary N) is 1. The largest absolute Gasteiger partial charge is 0.508 e. The zero-order valence-corrected chi connectivity index (χ0v) is 24.1. The van der Waals surface area contributed by atoms with Gasteiger partial charge in [0.15, 0.2) is 0 Å². The molecule has 3 N–H and O–H groups in total. The van der Waals surface area contributed by atoms with Crippen molar-refractivity contribution in [1.82, 2.24) is 0 Å². The smallest absolute Gasteiger partial charge is 0.120 e. The predicted octanol–water partition coefficient (Wildman–Crippen LogP) is 9.35. The van der Waals surface area contributed by atoms with E-state index in [-0.39, 0.29) is 11.5 Å². The first-order valence-corrected chi connectivity index (χ1v) is 14.4. The van der Waals surface area contributed by atoms with Crippen LogP contribution in [0.2, 0.25) is 0 Å². The zero-order chi connectivity index (χ0) is 29.6. The minimum absolute atomic E-state index is 0.270. The van der Waals surface area contributed by atoms with Crippen molar-refractivity contribution in [2.75, 3.05) is 17.3 Å². The van der Waals surface area contributed by atoms with Crippen molar-refractivity contribution in [1.29, 1.82) is 0 Å². The Balaban J connectivity index is 1.47. The lowest BCUT2D eigenvalue weighted by Gasteiger charge is -2.26. The molecule has 0 aliphatic rings. The normalized spacial score (nSPS) is 10.8. The van der Waals surface area contributed by atoms with E-state index < -0.39 is 0 Å². The quantitative estimate of drug-likeness (QED) is 0.164. The minimum atomic E-state index is 0.270. The first-order valence-electron chi connectivity index (χ1n) is 14.4. The van der Waals surface area contributed by atoms with E-state index in [2.05, 4.69) is 90.1 Å². The molecule has 0 fully saturated rings. The van der Waals surface area contributed by atoms with Crippen molar-refractivity contribution in [3.05, 3.63) is 157 Å². The fraction of sp³-hybridized carbons (Fsp3) is 0.0769. The summed E-state index contributed by atoms with van der Waals surface area (Å²) in [6, 6.07) is 48.7. The fourth-order valence-corrected chi connectivity index (χ4v) is 5.46. The molecule has 0 atom stereocenters. The Morgan fingerprint density at radius 2 is 1.02 bits per heavy atom. The number of anilines is 2. The highest BCUT2D eigenvalue weighted by Gasteiger charge is 2.17. The van der Waals surface area contributed by atoms with Gasteiger partial charge in [0, 0.05) is 53.8 Å². The summed E-state index contributed by atoms with van der Waals surface area (Å²) >= 11 is 0. The van der Waals surface area contributed by atoms with E-state index >= 15 is 0 Å². The molecule has 0 aliphatic heterocycles. The van der Waals surface area contributed by atoms with Crippen molar-refractivity contribution in [3.8, 4) is 44.9 Å². The van der Waals surface area contributed by atoms with Gasteiger partial charge in [0.2, 0.25) is 0 Å². The van der Waals surface area contributed by atoms with Crippen LogP contribution in [0.1, 0.15) is 11.1 Å². The zero-order valence-electron chi connectivity index (χ0n) is 24.1. The average Bonchev–Trinajstić information content (AvgIpc) is 3.06. The van der Waals surface area contributed by atoms with Gasteiger partial charge in [0.05, 0.1) is 0 Å². The van der Waals surface area contributed by atoms with E-state index in [1.54, 1.807) is 12.1 Å². The van der Waals surface area contributed by atoms with Crippen LogP contribution in [0.4, 0.5) is 11.4 Å². The highest BCUT2D eigenvalue weighted by Crippen LogP contribution is 2.41. The van der Waals surface area contributed by atoms with Crippen LogP contribution in [0.25, 0.3) is 33.4 Å². The SMILES string of the molecule is CN(Cc1ccccc1O)c1cc(-c2ccccc2)ccc1-c1ccc(-c2ccccc2)cc1NCc1ccccc1O. The molecule has 0 saturated heterocycles.